The average Bonchev–Trinajstić information content (AvgIpc) is 2.64. The molecule has 0 aromatic rings. The van der Waals surface area contributed by atoms with E-state index in [1.54, 1.807) is 5.57 Å². The second-order valence-electron chi connectivity index (χ2n) is 15.1. The predicted octanol–water partition coefficient (Wildman–Crippen LogP) is 8.38. The third-order valence-electron chi connectivity index (χ3n) is 12.4. The molecule has 0 aromatic carbocycles. The second kappa shape index (κ2) is 6.29. The minimum atomic E-state index is -0.134. The molecule has 4 saturated carbocycles. The Balaban J connectivity index is 1.61. The molecule has 0 amide bonds. The van der Waals surface area contributed by atoms with Crippen LogP contribution in [0.25, 0.3) is 0 Å². The molecule has 1 nitrogen and oxygen atoms in total. The smallest absolute Gasteiger partial charge is 0.161 e. The van der Waals surface area contributed by atoms with Crippen molar-refractivity contribution < 1.29 is 4.79 Å². The van der Waals surface area contributed by atoms with Gasteiger partial charge in [-0.25, -0.2) is 0 Å². The number of hydrogen-bond acceptors (Lipinski definition) is 1. The average molecular weight is 425 g/mol. The third-order valence-corrected chi connectivity index (χ3v) is 12.4. The van der Waals surface area contributed by atoms with E-state index in [1.807, 2.05) is 0 Å². The van der Waals surface area contributed by atoms with E-state index in [1.165, 1.54) is 57.8 Å². The normalized spacial score (nSPS) is 52.8. The summed E-state index contributed by atoms with van der Waals surface area (Å²) in [6.07, 6.45) is 15.2. The van der Waals surface area contributed by atoms with Crippen LogP contribution in [0.3, 0.4) is 0 Å². The standard InChI is InChI=1S/C30H48O/c1-25(2)16-17-30(8)23(19-25)29(7)15-11-21-27(5)13-9-12-26(3,4)20(27)10-14-28(21,6)22(29)18-24(30)31/h18,20-21,23H,9-17,19H2,1-8H3/t20-,21-,23-,27-,28+,29+,30-/m0/s1. The van der Waals surface area contributed by atoms with Gasteiger partial charge < -0.3 is 0 Å². The molecule has 174 valence electrons. The van der Waals surface area contributed by atoms with Crippen molar-refractivity contribution in [3.8, 4) is 0 Å². The fraction of sp³-hybridized carbons (Fsp3) is 0.900. The van der Waals surface area contributed by atoms with Gasteiger partial charge in [-0.15, -0.1) is 0 Å². The first-order valence-electron chi connectivity index (χ1n) is 13.5. The fourth-order valence-electron chi connectivity index (χ4n) is 10.7. The van der Waals surface area contributed by atoms with E-state index in [-0.39, 0.29) is 16.2 Å². The lowest BCUT2D eigenvalue weighted by Gasteiger charge is -2.69. The molecule has 0 N–H and O–H groups in total. The molecule has 0 unspecified atom stereocenters. The molecule has 4 fully saturated rings. The lowest BCUT2D eigenvalue weighted by molar-refractivity contribution is -0.162. The van der Waals surface area contributed by atoms with Crippen molar-refractivity contribution in [3.05, 3.63) is 11.6 Å². The summed E-state index contributed by atoms with van der Waals surface area (Å²) in [6.45, 7) is 20.1. The van der Waals surface area contributed by atoms with E-state index in [4.69, 9.17) is 0 Å². The zero-order valence-corrected chi connectivity index (χ0v) is 21.8. The zero-order chi connectivity index (χ0) is 22.7. The van der Waals surface area contributed by atoms with Crippen LogP contribution < -0.4 is 0 Å². The van der Waals surface area contributed by atoms with Gasteiger partial charge in [-0.3, -0.25) is 4.79 Å². The molecule has 0 radical (unpaired) electrons. The van der Waals surface area contributed by atoms with Crippen molar-refractivity contribution in [1.29, 1.82) is 0 Å². The molecule has 1 heteroatoms. The Morgan fingerprint density at radius 1 is 0.677 bits per heavy atom. The van der Waals surface area contributed by atoms with Crippen LogP contribution >= 0.6 is 0 Å². The van der Waals surface area contributed by atoms with Crippen LogP contribution in [0.2, 0.25) is 0 Å². The van der Waals surface area contributed by atoms with Gasteiger partial charge in [-0.2, -0.15) is 0 Å². The Kier molecular flexibility index (Phi) is 4.51. The molecule has 0 saturated heterocycles. The highest BCUT2D eigenvalue weighted by Gasteiger charge is 2.67. The Morgan fingerprint density at radius 3 is 1.97 bits per heavy atom. The summed E-state index contributed by atoms with van der Waals surface area (Å²) < 4.78 is 0. The van der Waals surface area contributed by atoms with Crippen LogP contribution in [-0.4, -0.2) is 5.78 Å². The summed E-state index contributed by atoms with van der Waals surface area (Å²) in [6, 6.07) is 0. The number of carbonyl (C=O) groups is 1. The number of allylic oxidation sites excluding steroid dienone is 2. The van der Waals surface area contributed by atoms with Gasteiger partial charge in [0.25, 0.3) is 0 Å². The first-order valence-corrected chi connectivity index (χ1v) is 13.5. The minimum absolute atomic E-state index is 0.134. The van der Waals surface area contributed by atoms with Crippen molar-refractivity contribution in [3.63, 3.8) is 0 Å². The van der Waals surface area contributed by atoms with E-state index in [9.17, 15) is 4.79 Å². The molecule has 0 aromatic heterocycles. The number of hydrogen-bond donors (Lipinski definition) is 0. The number of ketones is 1. The summed E-state index contributed by atoms with van der Waals surface area (Å²) in [5.74, 6) is 2.57. The predicted molar refractivity (Wildman–Crippen MR) is 130 cm³/mol. The SMILES string of the molecule is CC1(C)CC[C@]2(C)C(=O)C=C3[C@]4(C)CC[C@H]5C(C)(C)CCC[C@]5(C)[C@@H]4CC[C@@]3(C)[C@@H]2C1. The highest BCUT2D eigenvalue weighted by atomic mass is 16.1. The largest absolute Gasteiger partial charge is 0.294 e. The molecule has 31 heavy (non-hydrogen) atoms. The van der Waals surface area contributed by atoms with Crippen molar-refractivity contribution in [2.75, 3.05) is 0 Å². The van der Waals surface area contributed by atoms with Crippen LogP contribution in [0.5, 0.6) is 0 Å². The molecule has 7 atom stereocenters. The highest BCUT2D eigenvalue weighted by molar-refractivity contribution is 5.97. The van der Waals surface area contributed by atoms with Crippen molar-refractivity contribution >= 4 is 5.78 Å². The van der Waals surface area contributed by atoms with Crippen LogP contribution in [-0.2, 0) is 4.79 Å². The van der Waals surface area contributed by atoms with Crippen LogP contribution in [0.4, 0.5) is 0 Å². The van der Waals surface area contributed by atoms with Crippen molar-refractivity contribution in [2.45, 2.75) is 120 Å². The van der Waals surface area contributed by atoms with Gasteiger partial charge in [0, 0.05) is 5.41 Å². The summed E-state index contributed by atoms with van der Waals surface area (Å²) in [4.78, 5) is 13.8. The third kappa shape index (κ3) is 2.76. The summed E-state index contributed by atoms with van der Waals surface area (Å²) in [7, 11) is 0. The van der Waals surface area contributed by atoms with E-state index < -0.39 is 0 Å². The van der Waals surface area contributed by atoms with Gasteiger partial charge in [-0.1, -0.05) is 67.4 Å². The summed E-state index contributed by atoms with van der Waals surface area (Å²) in [5.41, 5.74) is 3.15. The topological polar surface area (TPSA) is 17.1 Å². The van der Waals surface area contributed by atoms with Gasteiger partial charge in [0.05, 0.1) is 0 Å². The molecular formula is C30H48O. The van der Waals surface area contributed by atoms with E-state index in [0.717, 1.165) is 18.3 Å². The first-order chi connectivity index (χ1) is 14.2. The fourth-order valence-corrected chi connectivity index (χ4v) is 10.7. The lowest BCUT2D eigenvalue weighted by Crippen LogP contribution is -2.62. The molecule has 5 aliphatic rings. The molecule has 5 aliphatic carbocycles. The van der Waals surface area contributed by atoms with Crippen LogP contribution in [0, 0.1) is 50.2 Å². The number of rotatable bonds is 0. The second-order valence-corrected chi connectivity index (χ2v) is 15.1. The summed E-state index contributed by atoms with van der Waals surface area (Å²) in [5, 5.41) is 0. The Hall–Kier alpha value is -0.590. The van der Waals surface area contributed by atoms with Gasteiger partial charge in [0.2, 0.25) is 0 Å². The summed E-state index contributed by atoms with van der Waals surface area (Å²) >= 11 is 0. The molecular weight excluding hydrogens is 376 g/mol. The van der Waals surface area contributed by atoms with E-state index in [2.05, 4.69) is 61.5 Å². The Bertz CT molecular complexity index is 831. The zero-order valence-electron chi connectivity index (χ0n) is 21.8. The molecule has 0 heterocycles. The maximum absolute atomic E-state index is 13.8. The number of carbonyl (C=O) groups excluding carboxylic acids is 1. The maximum Gasteiger partial charge on any atom is 0.161 e. The maximum atomic E-state index is 13.8. The van der Waals surface area contributed by atoms with Gasteiger partial charge in [0.1, 0.15) is 0 Å². The van der Waals surface area contributed by atoms with Crippen LogP contribution in [0.15, 0.2) is 11.6 Å². The van der Waals surface area contributed by atoms with E-state index in [0.29, 0.717) is 27.9 Å². The van der Waals surface area contributed by atoms with Gasteiger partial charge >= 0.3 is 0 Å². The molecule has 5 rings (SSSR count). The highest BCUT2D eigenvalue weighted by Crippen LogP contribution is 2.74. The van der Waals surface area contributed by atoms with Crippen LogP contribution in [0.1, 0.15) is 120 Å². The first kappa shape index (κ1) is 22.2. The molecule has 0 bridgehead atoms. The monoisotopic (exact) mass is 424 g/mol. The Morgan fingerprint density at radius 2 is 1.29 bits per heavy atom. The molecule has 0 aliphatic heterocycles. The van der Waals surface area contributed by atoms with Crippen molar-refractivity contribution in [2.24, 2.45) is 50.2 Å². The van der Waals surface area contributed by atoms with Crippen molar-refractivity contribution in [1.82, 2.24) is 0 Å². The van der Waals surface area contributed by atoms with E-state index >= 15 is 0 Å². The number of fused-ring (bicyclic) bond motifs is 7. The quantitative estimate of drug-likeness (QED) is 0.381. The minimum Gasteiger partial charge on any atom is -0.294 e. The van der Waals surface area contributed by atoms with Gasteiger partial charge in [0.15, 0.2) is 5.78 Å². The Labute approximate surface area is 192 Å². The van der Waals surface area contributed by atoms with Gasteiger partial charge in [-0.05, 0) is 109 Å². The molecule has 0 spiro atoms. The lowest BCUT2D eigenvalue weighted by atomic mass is 9.35.